The number of hydrogen-bond acceptors (Lipinski definition) is 3. The van der Waals surface area contributed by atoms with E-state index in [1.165, 1.54) is 6.20 Å². The molecule has 1 unspecified atom stereocenters. The fraction of sp³-hybridized carbons (Fsp3) is 0.400. The average Bonchev–Trinajstić information content (AvgIpc) is 2.26. The van der Waals surface area contributed by atoms with Gasteiger partial charge in [-0.15, -0.1) is 0 Å². The smallest absolute Gasteiger partial charge is 0.269 e. The second-order valence-electron chi connectivity index (χ2n) is 3.36. The summed E-state index contributed by atoms with van der Waals surface area (Å²) in [7, 11) is 0. The molecule has 0 aliphatic heterocycles. The lowest BCUT2D eigenvalue weighted by atomic mass is 10.2. The second-order valence-corrected chi connectivity index (χ2v) is 3.80. The van der Waals surface area contributed by atoms with Gasteiger partial charge in [0.25, 0.3) is 5.91 Å². The molecule has 0 saturated carbocycles. The first-order valence-corrected chi connectivity index (χ1v) is 5.02. The molecule has 82 valence electrons. The van der Waals surface area contributed by atoms with Gasteiger partial charge in [-0.2, -0.15) is 0 Å². The third kappa shape index (κ3) is 3.85. The molecule has 15 heavy (non-hydrogen) atoms. The van der Waals surface area contributed by atoms with Gasteiger partial charge in [-0.1, -0.05) is 18.5 Å². The van der Waals surface area contributed by atoms with E-state index in [-0.39, 0.29) is 18.4 Å². The molecule has 2 N–H and O–H groups in total. The number of aliphatic hydroxyl groups excluding tert-OH is 1. The van der Waals surface area contributed by atoms with E-state index in [0.717, 1.165) is 0 Å². The van der Waals surface area contributed by atoms with Crippen molar-refractivity contribution in [3.05, 3.63) is 29.0 Å². The van der Waals surface area contributed by atoms with Crippen LogP contribution < -0.4 is 5.32 Å². The van der Waals surface area contributed by atoms with E-state index in [2.05, 4.69) is 10.3 Å². The van der Waals surface area contributed by atoms with E-state index in [4.69, 9.17) is 16.7 Å². The molecule has 1 amide bonds. The number of carbonyl (C=O) groups is 1. The average molecular weight is 229 g/mol. The van der Waals surface area contributed by atoms with Crippen LogP contribution in [-0.2, 0) is 0 Å². The highest BCUT2D eigenvalue weighted by Gasteiger charge is 2.07. The van der Waals surface area contributed by atoms with Crippen LogP contribution in [0, 0.1) is 5.92 Å². The summed E-state index contributed by atoms with van der Waals surface area (Å²) in [4.78, 5) is 15.4. The summed E-state index contributed by atoms with van der Waals surface area (Å²) in [6, 6.07) is 3.17. The lowest BCUT2D eigenvalue weighted by molar-refractivity contribution is 0.0937. The van der Waals surface area contributed by atoms with Crippen molar-refractivity contribution in [2.24, 2.45) is 5.92 Å². The summed E-state index contributed by atoms with van der Waals surface area (Å²) < 4.78 is 0. The molecular weight excluding hydrogens is 216 g/mol. The number of nitrogens with one attached hydrogen (secondary N) is 1. The van der Waals surface area contributed by atoms with Crippen LogP contribution in [-0.4, -0.2) is 29.1 Å². The monoisotopic (exact) mass is 228 g/mol. The van der Waals surface area contributed by atoms with Crippen LogP contribution >= 0.6 is 11.6 Å². The van der Waals surface area contributed by atoms with Crippen molar-refractivity contribution in [3.63, 3.8) is 0 Å². The van der Waals surface area contributed by atoms with Crippen LogP contribution in [0.5, 0.6) is 0 Å². The summed E-state index contributed by atoms with van der Waals surface area (Å²) in [5.74, 6) is -0.215. The minimum atomic E-state index is -0.257. The number of aliphatic hydroxyl groups is 1. The second kappa shape index (κ2) is 5.68. The molecule has 1 aromatic heterocycles. The van der Waals surface area contributed by atoms with E-state index in [9.17, 15) is 4.79 Å². The highest BCUT2D eigenvalue weighted by atomic mass is 35.5. The molecule has 0 saturated heterocycles. The number of rotatable bonds is 4. The predicted octanol–water partition coefficient (Wildman–Crippen LogP) is 1.09. The van der Waals surface area contributed by atoms with Crippen molar-refractivity contribution < 1.29 is 9.90 Å². The van der Waals surface area contributed by atoms with Gasteiger partial charge in [0.1, 0.15) is 5.69 Å². The van der Waals surface area contributed by atoms with Crippen molar-refractivity contribution in [2.75, 3.05) is 13.2 Å². The molecule has 0 aliphatic rings. The Morgan fingerprint density at radius 1 is 1.67 bits per heavy atom. The lowest BCUT2D eigenvalue weighted by Crippen LogP contribution is -2.30. The number of carbonyl (C=O) groups excluding carboxylic acids is 1. The Balaban J connectivity index is 2.50. The molecule has 1 atom stereocenters. The Morgan fingerprint density at radius 3 is 2.93 bits per heavy atom. The summed E-state index contributed by atoms with van der Waals surface area (Å²) in [6.07, 6.45) is 1.42. The molecular formula is C10H13ClN2O2. The van der Waals surface area contributed by atoms with Crippen LogP contribution in [0.4, 0.5) is 0 Å². The Kier molecular flexibility index (Phi) is 4.52. The van der Waals surface area contributed by atoms with Gasteiger partial charge in [-0.05, 0) is 18.1 Å². The maximum atomic E-state index is 11.5. The van der Waals surface area contributed by atoms with Crippen LogP contribution in [0.2, 0.25) is 5.02 Å². The van der Waals surface area contributed by atoms with Gasteiger partial charge in [0.05, 0.1) is 5.02 Å². The van der Waals surface area contributed by atoms with Gasteiger partial charge in [0.15, 0.2) is 0 Å². The quantitative estimate of drug-likeness (QED) is 0.811. The molecule has 1 heterocycles. The van der Waals surface area contributed by atoms with E-state index >= 15 is 0 Å². The van der Waals surface area contributed by atoms with Gasteiger partial charge in [-0.25, -0.2) is 4.98 Å². The third-order valence-electron chi connectivity index (χ3n) is 1.88. The summed E-state index contributed by atoms with van der Waals surface area (Å²) >= 11 is 5.64. The normalized spacial score (nSPS) is 12.2. The first-order valence-electron chi connectivity index (χ1n) is 4.64. The van der Waals surface area contributed by atoms with E-state index in [0.29, 0.717) is 17.3 Å². The number of hydrogen-bond donors (Lipinski definition) is 2. The van der Waals surface area contributed by atoms with Gasteiger partial charge in [-0.3, -0.25) is 4.79 Å². The van der Waals surface area contributed by atoms with Crippen LogP contribution in [0.3, 0.4) is 0 Å². The van der Waals surface area contributed by atoms with Gasteiger partial charge < -0.3 is 10.4 Å². The van der Waals surface area contributed by atoms with Gasteiger partial charge >= 0.3 is 0 Å². The standard InChI is InChI=1S/C10H13ClN2O2/c1-7(6-14)4-13-10(15)9-3-2-8(11)5-12-9/h2-3,5,7,14H,4,6H2,1H3,(H,13,15). The topological polar surface area (TPSA) is 62.2 Å². The number of pyridine rings is 1. The van der Waals surface area contributed by atoms with E-state index < -0.39 is 0 Å². The summed E-state index contributed by atoms with van der Waals surface area (Å²) in [5, 5.41) is 11.9. The fourth-order valence-electron chi connectivity index (χ4n) is 0.932. The minimum Gasteiger partial charge on any atom is -0.396 e. The number of aromatic nitrogens is 1. The summed E-state index contributed by atoms with van der Waals surface area (Å²) in [6.45, 7) is 2.32. The first kappa shape index (κ1) is 11.9. The Hall–Kier alpha value is -1.13. The molecule has 0 aromatic carbocycles. The molecule has 1 rings (SSSR count). The zero-order valence-electron chi connectivity index (χ0n) is 8.40. The van der Waals surface area contributed by atoms with Gasteiger partial charge in [0.2, 0.25) is 0 Å². The SMILES string of the molecule is CC(CO)CNC(=O)c1ccc(Cl)cn1. The van der Waals surface area contributed by atoms with Crippen LogP contribution in [0.25, 0.3) is 0 Å². The van der Waals surface area contributed by atoms with Crippen molar-refractivity contribution in [2.45, 2.75) is 6.92 Å². The Bertz CT molecular complexity index is 327. The predicted molar refractivity (Wildman–Crippen MR) is 57.8 cm³/mol. The zero-order valence-corrected chi connectivity index (χ0v) is 9.16. The maximum Gasteiger partial charge on any atom is 0.269 e. The number of amides is 1. The Labute approximate surface area is 93.3 Å². The molecule has 5 heteroatoms. The van der Waals surface area contributed by atoms with Crippen molar-refractivity contribution in [1.82, 2.24) is 10.3 Å². The molecule has 0 radical (unpaired) electrons. The van der Waals surface area contributed by atoms with Crippen molar-refractivity contribution in [1.29, 1.82) is 0 Å². The third-order valence-corrected chi connectivity index (χ3v) is 2.11. The summed E-state index contributed by atoms with van der Waals surface area (Å²) in [5.41, 5.74) is 0.324. The first-order chi connectivity index (χ1) is 7.13. The maximum absolute atomic E-state index is 11.5. The highest BCUT2D eigenvalue weighted by Crippen LogP contribution is 2.05. The molecule has 0 fully saturated rings. The van der Waals surface area contributed by atoms with Crippen LogP contribution in [0.15, 0.2) is 18.3 Å². The Morgan fingerprint density at radius 2 is 2.40 bits per heavy atom. The van der Waals surface area contributed by atoms with E-state index in [1.54, 1.807) is 12.1 Å². The van der Waals surface area contributed by atoms with Gasteiger partial charge in [0, 0.05) is 19.3 Å². The van der Waals surface area contributed by atoms with E-state index in [1.807, 2.05) is 6.92 Å². The number of halogens is 1. The molecule has 0 aliphatic carbocycles. The van der Waals surface area contributed by atoms with Crippen LogP contribution in [0.1, 0.15) is 17.4 Å². The van der Waals surface area contributed by atoms with Crippen molar-refractivity contribution in [3.8, 4) is 0 Å². The largest absolute Gasteiger partial charge is 0.396 e. The highest BCUT2D eigenvalue weighted by molar-refractivity contribution is 6.30. The zero-order chi connectivity index (χ0) is 11.3. The molecule has 0 spiro atoms. The lowest BCUT2D eigenvalue weighted by Gasteiger charge is -2.08. The fourth-order valence-corrected chi connectivity index (χ4v) is 1.04. The molecule has 1 aromatic rings. The molecule has 4 nitrogen and oxygen atoms in total. The number of nitrogens with zero attached hydrogens (tertiary/aromatic N) is 1. The minimum absolute atomic E-state index is 0.0428. The van der Waals surface area contributed by atoms with Crippen molar-refractivity contribution >= 4 is 17.5 Å². The molecule has 0 bridgehead atoms.